The van der Waals surface area contributed by atoms with Crippen molar-refractivity contribution < 1.29 is 28.5 Å². The molecule has 36 heavy (non-hydrogen) atoms. The van der Waals surface area contributed by atoms with Crippen molar-refractivity contribution in [2.75, 3.05) is 19.5 Å². The highest BCUT2D eigenvalue weighted by molar-refractivity contribution is 6.14. The fraction of sp³-hybridized carbons (Fsp3) is 0.115. The van der Waals surface area contributed by atoms with E-state index in [4.69, 9.17) is 14.0 Å². The van der Waals surface area contributed by atoms with Gasteiger partial charge in [-0.05, 0) is 42.5 Å². The zero-order valence-corrected chi connectivity index (χ0v) is 19.4. The normalized spacial score (nSPS) is 10.5. The Balaban J connectivity index is 1.50. The lowest BCUT2D eigenvalue weighted by Gasteiger charge is -2.09. The van der Waals surface area contributed by atoms with Crippen LogP contribution < -0.4 is 10.1 Å². The molecule has 0 saturated carbocycles. The van der Waals surface area contributed by atoms with Gasteiger partial charge in [0.15, 0.2) is 18.2 Å². The van der Waals surface area contributed by atoms with Gasteiger partial charge in [-0.3, -0.25) is 14.9 Å². The minimum Gasteiger partial charge on any atom is -0.497 e. The molecule has 3 aromatic carbocycles. The van der Waals surface area contributed by atoms with Crippen molar-refractivity contribution in [2.24, 2.45) is 0 Å². The molecule has 0 aliphatic carbocycles. The van der Waals surface area contributed by atoms with Gasteiger partial charge in [-0.25, -0.2) is 4.79 Å². The number of benzene rings is 3. The van der Waals surface area contributed by atoms with Crippen molar-refractivity contribution in [2.45, 2.75) is 6.61 Å². The third-order valence-corrected chi connectivity index (χ3v) is 5.41. The number of methoxy groups -OCH3 is 1. The Labute approximate surface area is 205 Å². The van der Waals surface area contributed by atoms with E-state index < -0.39 is 16.7 Å². The van der Waals surface area contributed by atoms with E-state index >= 15 is 0 Å². The van der Waals surface area contributed by atoms with Crippen molar-refractivity contribution in [3.05, 3.63) is 105 Å². The van der Waals surface area contributed by atoms with Gasteiger partial charge in [0.05, 0.1) is 17.6 Å². The van der Waals surface area contributed by atoms with Crippen LogP contribution in [0.5, 0.6) is 5.75 Å². The van der Waals surface area contributed by atoms with Crippen molar-refractivity contribution in [3.63, 3.8) is 0 Å². The average molecular weight is 487 g/mol. The lowest BCUT2D eigenvalue weighted by molar-refractivity contribution is -0.384. The summed E-state index contributed by atoms with van der Waals surface area (Å²) in [5.74, 6) is -0.272. The number of nitro benzene ring substituents is 1. The third-order valence-electron chi connectivity index (χ3n) is 5.41. The summed E-state index contributed by atoms with van der Waals surface area (Å²) in [4.78, 5) is 36.8. The third kappa shape index (κ3) is 5.07. The van der Waals surface area contributed by atoms with Gasteiger partial charge in [0, 0.05) is 35.9 Å². The largest absolute Gasteiger partial charge is 0.497 e. The Hall–Kier alpha value is -4.99. The number of nitro groups is 1. The topological polar surface area (TPSA) is 134 Å². The number of rotatable bonds is 9. The van der Waals surface area contributed by atoms with Crippen LogP contribution in [0.3, 0.4) is 0 Å². The summed E-state index contributed by atoms with van der Waals surface area (Å²) < 4.78 is 15.8. The van der Waals surface area contributed by atoms with Crippen LogP contribution in [0.1, 0.15) is 32.0 Å². The van der Waals surface area contributed by atoms with Gasteiger partial charge in [0.1, 0.15) is 17.1 Å². The molecule has 0 bridgehead atoms. The number of aromatic nitrogens is 1. The Morgan fingerprint density at radius 2 is 1.75 bits per heavy atom. The Bertz CT molecular complexity index is 1430. The number of esters is 1. The second-order valence-corrected chi connectivity index (χ2v) is 7.60. The fourth-order valence-electron chi connectivity index (χ4n) is 3.54. The molecule has 0 atom stereocenters. The number of ketones is 1. The van der Waals surface area contributed by atoms with Crippen molar-refractivity contribution in [1.82, 2.24) is 5.16 Å². The van der Waals surface area contributed by atoms with Gasteiger partial charge in [-0.2, -0.15) is 0 Å². The SMILES string of the molecule is CNc1ccc(C(=O)c2ccccc2C(=O)OCc2cc(-c3ccc(OC)cc3)no2)cc1[N+](=O)[O-]. The van der Waals surface area contributed by atoms with Crippen LogP contribution in [0, 0.1) is 10.1 Å². The number of ether oxygens (including phenoxy) is 2. The summed E-state index contributed by atoms with van der Waals surface area (Å²) in [5.41, 5.74) is 1.53. The van der Waals surface area contributed by atoms with Crippen LogP contribution in [0.15, 0.2) is 77.3 Å². The maximum absolute atomic E-state index is 13.1. The summed E-state index contributed by atoms with van der Waals surface area (Å²) in [5, 5.41) is 18.1. The van der Waals surface area contributed by atoms with Gasteiger partial charge < -0.3 is 19.3 Å². The first kappa shape index (κ1) is 24.1. The second kappa shape index (κ2) is 10.5. The number of carbonyl (C=O) groups excluding carboxylic acids is 2. The van der Waals surface area contributed by atoms with Crippen LogP contribution in [-0.4, -0.2) is 36.0 Å². The lowest BCUT2D eigenvalue weighted by atomic mass is 9.97. The van der Waals surface area contributed by atoms with E-state index in [0.717, 1.165) is 5.56 Å². The molecule has 0 spiro atoms. The molecule has 0 saturated heterocycles. The quantitative estimate of drug-likeness (QED) is 0.152. The van der Waals surface area contributed by atoms with Gasteiger partial charge in [-0.15, -0.1) is 0 Å². The summed E-state index contributed by atoms with van der Waals surface area (Å²) >= 11 is 0. The summed E-state index contributed by atoms with van der Waals surface area (Å²) in [6.07, 6.45) is 0. The van der Waals surface area contributed by atoms with E-state index in [9.17, 15) is 19.7 Å². The number of anilines is 1. The monoisotopic (exact) mass is 487 g/mol. The van der Waals surface area contributed by atoms with Gasteiger partial charge in [0.2, 0.25) is 0 Å². The molecule has 0 unspecified atom stereocenters. The minimum atomic E-state index is -0.748. The van der Waals surface area contributed by atoms with Gasteiger partial charge in [-0.1, -0.05) is 23.4 Å². The molecule has 0 fully saturated rings. The smallest absolute Gasteiger partial charge is 0.339 e. The average Bonchev–Trinajstić information content (AvgIpc) is 3.40. The first-order chi connectivity index (χ1) is 17.4. The molecule has 10 heteroatoms. The standard InChI is InChI=1S/C26H21N3O7/c1-27-22-12-9-17(13-24(22)29(32)33)25(30)20-5-3-4-6-21(20)26(31)35-15-19-14-23(28-36-19)16-7-10-18(34-2)11-8-16/h3-14,27H,15H2,1-2H3. The molecule has 1 N–H and O–H groups in total. The number of hydrogen-bond acceptors (Lipinski definition) is 9. The highest BCUT2D eigenvalue weighted by Gasteiger charge is 2.23. The minimum absolute atomic E-state index is 0.0257. The first-order valence-electron chi connectivity index (χ1n) is 10.8. The molecule has 1 aromatic heterocycles. The summed E-state index contributed by atoms with van der Waals surface area (Å²) in [6.45, 7) is -0.202. The zero-order chi connectivity index (χ0) is 25.7. The molecule has 0 aliphatic rings. The summed E-state index contributed by atoms with van der Waals surface area (Å²) in [6, 6.07) is 19.0. The Kier molecular flexibility index (Phi) is 7.05. The van der Waals surface area contributed by atoms with Crippen LogP contribution >= 0.6 is 0 Å². The Morgan fingerprint density at radius 1 is 1.03 bits per heavy atom. The van der Waals surface area contributed by atoms with E-state index in [1.807, 2.05) is 12.1 Å². The van der Waals surface area contributed by atoms with Crippen molar-refractivity contribution in [3.8, 4) is 17.0 Å². The predicted octanol–water partition coefficient (Wildman–Crippen LogP) is 4.89. The van der Waals surface area contributed by atoms with Crippen molar-refractivity contribution in [1.29, 1.82) is 0 Å². The molecular formula is C26H21N3O7. The second-order valence-electron chi connectivity index (χ2n) is 7.60. The molecule has 0 amide bonds. The molecule has 0 radical (unpaired) electrons. The molecule has 0 aliphatic heterocycles. The van der Waals surface area contributed by atoms with Gasteiger partial charge >= 0.3 is 5.97 Å². The van der Waals surface area contributed by atoms with E-state index in [1.54, 1.807) is 44.5 Å². The number of hydrogen-bond donors (Lipinski definition) is 1. The molecule has 182 valence electrons. The van der Waals surface area contributed by atoms with Crippen LogP contribution in [0.4, 0.5) is 11.4 Å². The van der Waals surface area contributed by atoms with Gasteiger partial charge in [0.25, 0.3) is 5.69 Å². The summed E-state index contributed by atoms with van der Waals surface area (Å²) in [7, 11) is 3.12. The lowest BCUT2D eigenvalue weighted by Crippen LogP contribution is -2.13. The molecule has 1 heterocycles. The number of nitrogens with zero attached hydrogens (tertiary/aromatic N) is 2. The molecule has 10 nitrogen and oxygen atoms in total. The van der Waals surface area contributed by atoms with Crippen molar-refractivity contribution >= 4 is 23.1 Å². The highest BCUT2D eigenvalue weighted by atomic mass is 16.6. The molecule has 4 rings (SSSR count). The van der Waals surface area contributed by atoms with Crippen LogP contribution in [0.25, 0.3) is 11.3 Å². The molecular weight excluding hydrogens is 466 g/mol. The van der Waals surface area contributed by atoms with E-state index in [1.165, 1.54) is 30.3 Å². The number of carbonyl (C=O) groups is 2. The highest BCUT2D eigenvalue weighted by Crippen LogP contribution is 2.27. The maximum Gasteiger partial charge on any atom is 0.339 e. The van der Waals surface area contributed by atoms with Crippen LogP contribution in [-0.2, 0) is 11.3 Å². The van der Waals surface area contributed by atoms with Crippen LogP contribution in [0.2, 0.25) is 0 Å². The predicted molar refractivity (Wildman–Crippen MR) is 130 cm³/mol. The Morgan fingerprint density at radius 3 is 2.42 bits per heavy atom. The van der Waals surface area contributed by atoms with E-state index in [-0.39, 0.29) is 34.7 Å². The van der Waals surface area contributed by atoms with E-state index in [0.29, 0.717) is 17.2 Å². The van der Waals surface area contributed by atoms with E-state index in [2.05, 4.69) is 10.5 Å². The molecule has 4 aromatic rings. The fourth-order valence-corrected chi connectivity index (χ4v) is 3.54. The first-order valence-corrected chi connectivity index (χ1v) is 10.8. The maximum atomic E-state index is 13.1. The zero-order valence-electron chi connectivity index (χ0n) is 19.4. The number of nitrogens with one attached hydrogen (secondary N) is 1.